The summed E-state index contributed by atoms with van der Waals surface area (Å²) >= 11 is 0. The standard InChI is InChI=1S/C18H28N2O3/c1-13(2)20-7-5-14(6-8-20)12-19-18(21)15-9-16(22-3)11-17(10-15)23-4/h9-11,13-14H,5-8,12H2,1-4H3,(H,19,21). The van der Waals surface area contributed by atoms with Gasteiger partial charge in [-0.2, -0.15) is 0 Å². The van der Waals surface area contributed by atoms with E-state index in [1.165, 1.54) is 0 Å². The summed E-state index contributed by atoms with van der Waals surface area (Å²) in [5, 5.41) is 3.05. The van der Waals surface area contributed by atoms with E-state index in [1.807, 2.05) is 0 Å². The molecule has 1 aromatic rings. The van der Waals surface area contributed by atoms with Crippen LogP contribution in [0.3, 0.4) is 0 Å². The van der Waals surface area contributed by atoms with Crippen LogP contribution < -0.4 is 14.8 Å². The quantitative estimate of drug-likeness (QED) is 0.875. The molecular formula is C18H28N2O3. The molecule has 2 rings (SSSR count). The molecule has 1 fully saturated rings. The Bertz CT molecular complexity index is 501. The summed E-state index contributed by atoms with van der Waals surface area (Å²) in [6.07, 6.45) is 2.28. The molecule has 0 aliphatic carbocycles. The first-order valence-corrected chi connectivity index (χ1v) is 8.28. The Hall–Kier alpha value is -1.75. The molecule has 5 nitrogen and oxygen atoms in total. The average molecular weight is 320 g/mol. The van der Waals surface area contributed by atoms with Crippen molar-refractivity contribution in [2.24, 2.45) is 5.92 Å². The number of rotatable bonds is 6. The van der Waals surface area contributed by atoms with Crippen molar-refractivity contribution < 1.29 is 14.3 Å². The summed E-state index contributed by atoms with van der Waals surface area (Å²) in [6.45, 7) is 7.43. The van der Waals surface area contributed by atoms with Crippen LogP contribution in [0, 0.1) is 5.92 Å². The maximum atomic E-state index is 12.4. The molecule has 1 amide bonds. The molecule has 0 saturated carbocycles. The summed E-state index contributed by atoms with van der Waals surface area (Å²) in [5.74, 6) is 1.73. The first-order valence-electron chi connectivity index (χ1n) is 8.28. The van der Waals surface area contributed by atoms with E-state index in [4.69, 9.17) is 9.47 Å². The molecule has 5 heteroatoms. The van der Waals surface area contributed by atoms with Gasteiger partial charge >= 0.3 is 0 Å². The number of methoxy groups -OCH3 is 2. The first-order chi connectivity index (χ1) is 11.0. The molecule has 1 aromatic carbocycles. The van der Waals surface area contributed by atoms with Crippen LogP contribution in [0.25, 0.3) is 0 Å². The average Bonchev–Trinajstić information content (AvgIpc) is 2.59. The summed E-state index contributed by atoms with van der Waals surface area (Å²) < 4.78 is 10.4. The predicted octanol–water partition coefficient (Wildman–Crippen LogP) is 2.55. The second-order valence-corrected chi connectivity index (χ2v) is 6.38. The third-order valence-corrected chi connectivity index (χ3v) is 4.54. The molecule has 1 aliphatic heterocycles. The minimum absolute atomic E-state index is 0.0755. The van der Waals surface area contributed by atoms with Crippen molar-refractivity contribution in [3.8, 4) is 11.5 Å². The summed E-state index contributed by atoms with van der Waals surface area (Å²) in [4.78, 5) is 14.9. The molecule has 0 aromatic heterocycles. The Balaban J connectivity index is 1.88. The predicted molar refractivity (Wildman–Crippen MR) is 91.3 cm³/mol. The number of piperidine rings is 1. The summed E-state index contributed by atoms with van der Waals surface area (Å²) in [6, 6.07) is 5.84. The van der Waals surface area contributed by atoms with E-state index >= 15 is 0 Å². The minimum atomic E-state index is -0.0755. The highest BCUT2D eigenvalue weighted by atomic mass is 16.5. The van der Waals surface area contributed by atoms with Crippen LogP contribution in [0.1, 0.15) is 37.0 Å². The molecule has 1 saturated heterocycles. The van der Waals surface area contributed by atoms with Gasteiger partial charge in [0.05, 0.1) is 14.2 Å². The fourth-order valence-electron chi connectivity index (χ4n) is 2.95. The zero-order valence-corrected chi connectivity index (χ0v) is 14.6. The SMILES string of the molecule is COc1cc(OC)cc(C(=O)NCC2CCN(C(C)C)CC2)c1. The van der Waals surface area contributed by atoms with E-state index in [9.17, 15) is 4.79 Å². The number of hydrogen-bond donors (Lipinski definition) is 1. The maximum Gasteiger partial charge on any atom is 0.251 e. The molecular weight excluding hydrogens is 292 g/mol. The molecule has 1 heterocycles. The van der Waals surface area contributed by atoms with E-state index < -0.39 is 0 Å². The zero-order chi connectivity index (χ0) is 16.8. The second-order valence-electron chi connectivity index (χ2n) is 6.38. The summed E-state index contributed by atoms with van der Waals surface area (Å²) in [5.41, 5.74) is 0.570. The number of ether oxygens (including phenoxy) is 2. The van der Waals surface area contributed by atoms with Gasteiger partial charge in [-0.3, -0.25) is 4.79 Å². The fraction of sp³-hybridized carbons (Fsp3) is 0.611. The number of likely N-dealkylation sites (tertiary alicyclic amines) is 1. The molecule has 0 atom stereocenters. The number of carbonyl (C=O) groups excluding carboxylic acids is 1. The topological polar surface area (TPSA) is 50.8 Å². The lowest BCUT2D eigenvalue weighted by Crippen LogP contribution is -2.41. The number of benzene rings is 1. The van der Waals surface area contributed by atoms with Crippen LogP contribution in [0.2, 0.25) is 0 Å². The van der Waals surface area contributed by atoms with E-state index in [0.29, 0.717) is 29.0 Å². The van der Waals surface area contributed by atoms with Crippen molar-refractivity contribution >= 4 is 5.91 Å². The van der Waals surface area contributed by atoms with Crippen molar-refractivity contribution in [1.29, 1.82) is 0 Å². The van der Waals surface area contributed by atoms with Crippen LogP contribution in [-0.2, 0) is 0 Å². The van der Waals surface area contributed by atoms with E-state index in [-0.39, 0.29) is 5.91 Å². The van der Waals surface area contributed by atoms with Gasteiger partial charge in [-0.25, -0.2) is 0 Å². The highest BCUT2D eigenvalue weighted by Gasteiger charge is 2.21. The Morgan fingerprint density at radius 3 is 2.22 bits per heavy atom. The van der Waals surface area contributed by atoms with Crippen molar-refractivity contribution in [3.05, 3.63) is 23.8 Å². The van der Waals surface area contributed by atoms with Crippen LogP contribution in [0.15, 0.2) is 18.2 Å². The lowest BCUT2D eigenvalue weighted by atomic mass is 9.96. The third-order valence-electron chi connectivity index (χ3n) is 4.54. The maximum absolute atomic E-state index is 12.4. The van der Waals surface area contributed by atoms with E-state index in [2.05, 4.69) is 24.1 Å². The van der Waals surface area contributed by atoms with Crippen LogP contribution in [0.4, 0.5) is 0 Å². The first kappa shape index (κ1) is 17.6. The number of nitrogens with one attached hydrogen (secondary N) is 1. The molecule has 0 radical (unpaired) electrons. The molecule has 0 bridgehead atoms. The normalized spacial score (nSPS) is 16.4. The van der Waals surface area contributed by atoms with E-state index in [1.54, 1.807) is 32.4 Å². The van der Waals surface area contributed by atoms with Gasteiger partial charge in [0.25, 0.3) is 5.91 Å². The highest BCUT2D eigenvalue weighted by molar-refractivity contribution is 5.95. The van der Waals surface area contributed by atoms with Gasteiger partial charge in [-0.05, 0) is 57.8 Å². The largest absolute Gasteiger partial charge is 0.497 e. The molecule has 0 spiro atoms. The monoisotopic (exact) mass is 320 g/mol. The van der Waals surface area contributed by atoms with Gasteiger partial charge in [0.15, 0.2) is 0 Å². The summed E-state index contributed by atoms with van der Waals surface area (Å²) in [7, 11) is 3.16. The Kier molecular flexibility index (Phi) is 6.28. The van der Waals surface area contributed by atoms with Gasteiger partial charge in [-0.15, -0.1) is 0 Å². The van der Waals surface area contributed by atoms with Gasteiger partial charge in [0, 0.05) is 24.2 Å². The molecule has 0 unspecified atom stereocenters. The van der Waals surface area contributed by atoms with Crippen LogP contribution >= 0.6 is 0 Å². The lowest BCUT2D eigenvalue weighted by molar-refractivity contribution is 0.0929. The smallest absolute Gasteiger partial charge is 0.251 e. The van der Waals surface area contributed by atoms with Crippen molar-refractivity contribution in [1.82, 2.24) is 10.2 Å². The van der Waals surface area contributed by atoms with E-state index in [0.717, 1.165) is 32.5 Å². The third kappa shape index (κ3) is 4.86. The van der Waals surface area contributed by atoms with Crippen molar-refractivity contribution in [2.75, 3.05) is 33.9 Å². The van der Waals surface area contributed by atoms with Crippen molar-refractivity contribution in [2.45, 2.75) is 32.7 Å². The number of hydrogen-bond acceptors (Lipinski definition) is 4. The van der Waals surface area contributed by atoms with Gasteiger partial charge in [-0.1, -0.05) is 0 Å². The Labute approximate surface area is 139 Å². The lowest BCUT2D eigenvalue weighted by Gasteiger charge is -2.34. The second kappa shape index (κ2) is 8.20. The highest BCUT2D eigenvalue weighted by Crippen LogP contribution is 2.23. The van der Waals surface area contributed by atoms with Crippen LogP contribution in [0.5, 0.6) is 11.5 Å². The number of carbonyl (C=O) groups is 1. The fourth-order valence-corrected chi connectivity index (χ4v) is 2.95. The van der Waals surface area contributed by atoms with Gasteiger partial charge in [0.1, 0.15) is 11.5 Å². The molecule has 23 heavy (non-hydrogen) atoms. The Morgan fingerprint density at radius 2 is 1.74 bits per heavy atom. The zero-order valence-electron chi connectivity index (χ0n) is 14.6. The molecule has 1 aliphatic rings. The number of amides is 1. The Morgan fingerprint density at radius 1 is 1.17 bits per heavy atom. The van der Waals surface area contributed by atoms with Gasteiger partial charge in [0.2, 0.25) is 0 Å². The van der Waals surface area contributed by atoms with Gasteiger partial charge < -0.3 is 19.7 Å². The minimum Gasteiger partial charge on any atom is -0.497 e. The molecule has 1 N–H and O–H groups in total. The van der Waals surface area contributed by atoms with Crippen molar-refractivity contribution in [3.63, 3.8) is 0 Å². The van der Waals surface area contributed by atoms with Crippen LogP contribution in [-0.4, -0.2) is 50.7 Å². The molecule has 128 valence electrons. The number of nitrogens with zero attached hydrogens (tertiary/aromatic N) is 1.